The van der Waals surface area contributed by atoms with Gasteiger partial charge in [-0.3, -0.25) is 0 Å². The summed E-state index contributed by atoms with van der Waals surface area (Å²) in [6, 6.07) is 10.5. The molecule has 0 saturated carbocycles. The minimum atomic E-state index is -3.81. The van der Waals surface area contributed by atoms with Crippen LogP contribution in [-0.4, -0.2) is 53.1 Å². The number of rotatable bonds is 6. The van der Waals surface area contributed by atoms with E-state index in [-0.39, 0.29) is 9.79 Å². The first-order valence-electron chi connectivity index (χ1n) is 9.24. The highest BCUT2D eigenvalue weighted by atomic mass is 32.2. The Morgan fingerprint density at radius 2 is 1.81 bits per heavy atom. The Morgan fingerprint density at radius 3 is 2.48 bits per heavy atom. The fraction of sp³-hybridized carbons (Fsp3) is 0.400. The normalized spacial score (nSPS) is 15.7. The molecule has 0 spiro atoms. The second kappa shape index (κ2) is 8.27. The van der Waals surface area contributed by atoms with Crippen molar-refractivity contribution in [3.8, 4) is 0 Å². The summed E-state index contributed by atoms with van der Waals surface area (Å²) in [6.07, 6.45) is 0.873. The molecule has 7 heteroatoms. The van der Waals surface area contributed by atoms with Crippen molar-refractivity contribution >= 4 is 21.2 Å². The molecule has 2 aromatic carbocycles. The van der Waals surface area contributed by atoms with Crippen LogP contribution in [0.1, 0.15) is 13.3 Å². The molecule has 1 aliphatic heterocycles. The maximum Gasteiger partial charge on any atom is 0.208 e. The van der Waals surface area contributed by atoms with E-state index < -0.39 is 15.7 Å². The van der Waals surface area contributed by atoms with E-state index >= 15 is 0 Å². The molecule has 0 amide bonds. The van der Waals surface area contributed by atoms with Crippen molar-refractivity contribution in [1.82, 2.24) is 4.90 Å². The zero-order valence-corrected chi connectivity index (χ0v) is 16.6. The van der Waals surface area contributed by atoms with Gasteiger partial charge in [-0.25, -0.2) is 12.8 Å². The molecule has 0 bridgehead atoms. The lowest BCUT2D eigenvalue weighted by Crippen LogP contribution is -2.44. The highest BCUT2D eigenvalue weighted by Gasteiger charge is 2.23. The molecule has 0 aromatic heterocycles. The molecule has 2 aromatic rings. The zero-order chi connectivity index (χ0) is 19.4. The molecule has 1 saturated heterocycles. The predicted molar refractivity (Wildman–Crippen MR) is 107 cm³/mol. The van der Waals surface area contributed by atoms with Gasteiger partial charge < -0.3 is 15.1 Å². The topological polar surface area (TPSA) is 52.6 Å². The highest BCUT2D eigenvalue weighted by Crippen LogP contribution is 2.32. The number of sulfone groups is 1. The number of likely N-dealkylation sites (N-methyl/N-ethyl adjacent to an activating group) is 1. The number of nitrogens with zero attached hydrogens (tertiary/aromatic N) is 2. The minimum absolute atomic E-state index is 0.0330. The molecule has 0 aliphatic carbocycles. The summed E-state index contributed by atoms with van der Waals surface area (Å²) in [7, 11) is -1.71. The SMILES string of the molecule is CCCNc1cc(N2CCN(C)CC2)ccc1S(=O)(=O)c1cccc(F)c1. The van der Waals surface area contributed by atoms with Gasteiger partial charge in [-0.05, 0) is 49.9 Å². The summed E-state index contributed by atoms with van der Waals surface area (Å²) in [5.41, 5.74) is 1.57. The first-order valence-corrected chi connectivity index (χ1v) is 10.7. The second-order valence-corrected chi connectivity index (χ2v) is 8.78. The maximum atomic E-state index is 13.6. The number of hydrogen-bond donors (Lipinski definition) is 1. The van der Waals surface area contributed by atoms with Crippen molar-refractivity contribution in [1.29, 1.82) is 0 Å². The molecule has 3 rings (SSSR count). The summed E-state index contributed by atoms with van der Waals surface area (Å²) >= 11 is 0. The number of anilines is 2. The quantitative estimate of drug-likeness (QED) is 0.819. The van der Waals surface area contributed by atoms with Crippen LogP contribution in [0.25, 0.3) is 0 Å². The van der Waals surface area contributed by atoms with E-state index in [4.69, 9.17) is 0 Å². The van der Waals surface area contributed by atoms with Crippen LogP contribution in [0.5, 0.6) is 0 Å². The number of piperazine rings is 1. The van der Waals surface area contributed by atoms with Crippen molar-refractivity contribution in [2.75, 3.05) is 50.0 Å². The summed E-state index contributed by atoms with van der Waals surface area (Å²) in [5.74, 6) is -0.562. The van der Waals surface area contributed by atoms with E-state index in [1.165, 1.54) is 18.2 Å². The van der Waals surface area contributed by atoms with Crippen molar-refractivity contribution in [2.24, 2.45) is 0 Å². The molecular weight excluding hydrogens is 365 g/mol. The van der Waals surface area contributed by atoms with Crippen molar-refractivity contribution in [3.05, 3.63) is 48.3 Å². The van der Waals surface area contributed by atoms with Gasteiger partial charge in [0.1, 0.15) is 5.82 Å². The third-order valence-electron chi connectivity index (χ3n) is 4.79. The van der Waals surface area contributed by atoms with Crippen molar-refractivity contribution in [3.63, 3.8) is 0 Å². The van der Waals surface area contributed by atoms with Crippen LogP contribution in [0.3, 0.4) is 0 Å². The van der Waals surface area contributed by atoms with Crippen LogP contribution in [-0.2, 0) is 9.84 Å². The van der Waals surface area contributed by atoms with E-state index in [1.54, 1.807) is 6.07 Å². The molecule has 27 heavy (non-hydrogen) atoms. The predicted octanol–water partition coefficient (Wildman–Crippen LogP) is 3.23. The number of halogens is 1. The largest absolute Gasteiger partial charge is 0.384 e. The van der Waals surface area contributed by atoms with Gasteiger partial charge in [0.15, 0.2) is 0 Å². The summed E-state index contributed by atoms with van der Waals surface area (Å²) in [5, 5.41) is 3.23. The van der Waals surface area contributed by atoms with Crippen molar-refractivity contribution < 1.29 is 12.8 Å². The monoisotopic (exact) mass is 391 g/mol. The van der Waals surface area contributed by atoms with Gasteiger partial charge in [0, 0.05) is 38.4 Å². The Bertz CT molecular complexity index is 894. The lowest BCUT2D eigenvalue weighted by Gasteiger charge is -2.34. The van der Waals surface area contributed by atoms with Crippen LogP contribution < -0.4 is 10.2 Å². The first kappa shape index (κ1) is 19.6. The summed E-state index contributed by atoms with van der Waals surface area (Å²) < 4.78 is 39.7. The molecular formula is C20H26FN3O2S. The van der Waals surface area contributed by atoms with E-state index in [9.17, 15) is 12.8 Å². The Balaban J connectivity index is 1.99. The van der Waals surface area contributed by atoms with Gasteiger partial charge in [0.25, 0.3) is 0 Å². The molecule has 1 heterocycles. The molecule has 5 nitrogen and oxygen atoms in total. The van der Waals surface area contributed by atoms with Gasteiger partial charge in [0.2, 0.25) is 9.84 Å². The smallest absolute Gasteiger partial charge is 0.208 e. The molecule has 0 unspecified atom stereocenters. The third kappa shape index (κ3) is 4.42. The summed E-state index contributed by atoms with van der Waals surface area (Å²) in [6.45, 7) is 6.44. The van der Waals surface area contributed by atoms with E-state index in [2.05, 4.69) is 22.2 Å². The molecule has 1 fully saturated rings. The first-order chi connectivity index (χ1) is 12.9. The molecule has 1 aliphatic rings. The van der Waals surface area contributed by atoms with Gasteiger partial charge >= 0.3 is 0 Å². The van der Waals surface area contributed by atoms with Crippen LogP contribution in [0.2, 0.25) is 0 Å². The van der Waals surface area contributed by atoms with Crippen molar-refractivity contribution in [2.45, 2.75) is 23.1 Å². The Kier molecular flexibility index (Phi) is 6.01. The second-order valence-electron chi connectivity index (χ2n) is 6.86. The van der Waals surface area contributed by atoms with Crippen LogP contribution in [0.15, 0.2) is 52.3 Å². The van der Waals surface area contributed by atoms with Gasteiger partial charge in [-0.2, -0.15) is 0 Å². The number of benzene rings is 2. The fourth-order valence-corrected chi connectivity index (χ4v) is 4.62. The van der Waals surface area contributed by atoms with Crippen LogP contribution >= 0.6 is 0 Å². The highest BCUT2D eigenvalue weighted by molar-refractivity contribution is 7.91. The van der Waals surface area contributed by atoms with E-state index in [0.717, 1.165) is 44.4 Å². The third-order valence-corrected chi connectivity index (χ3v) is 6.60. The van der Waals surface area contributed by atoms with E-state index in [1.807, 2.05) is 19.1 Å². The number of nitrogens with one attached hydrogen (secondary N) is 1. The molecule has 0 atom stereocenters. The Hall–Kier alpha value is -2.12. The lowest BCUT2D eigenvalue weighted by atomic mass is 10.2. The lowest BCUT2D eigenvalue weighted by molar-refractivity contribution is 0.313. The van der Waals surface area contributed by atoms with Gasteiger partial charge in [-0.15, -0.1) is 0 Å². The standard InChI is InChI=1S/C20H26FN3O2S/c1-3-9-22-19-15-17(24-12-10-23(2)11-13-24)7-8-20(19)27(25,26)18-6-4-5-16(21)14-18/h4-8,14-15,22H,3,9-13H2,1-2H3. The fourth-order valence-electron chi connectivity index (χ4n) is 3.17. The average Bonchev–Trinajstić information content (AvgIpc) is 2.66. The Morgan fingerprint density at radius 1 is 1.07 bits per heavy atom. The van der Waals surface area contributed by atoms with Gasteiger partial charge in [-0.1, -0.05) is 13.0 Å². The van der Waals surface area contributed by atoms with E-state index in [0.29, 0.717) is 12.2 Å². The molecule has 146 valence electrons. The van der Waals surface area contributed by atoms with Crippen LogP contribution in [0, 0.1) is 5.82 Å². The van der Waals surface area contributed by atoms with Crippen LogP contribution in [0.4, 0.5) is 15.8 Å². The maximum absolute atomic E-state index is 13.6. The Labute approximate surface area is 160 Å². The number of hydrogen-bond acceptors (Lipinski definition) is 5. The van der Waals surface area contributed by atoms with Gasteiger partial charge in [0.05, 0.1) is 15.5 Å². The average molecular weight is 392 g/mol. The molecule has 1 N–H and O–H groups in total. The summed E-state index contributed by atoms with van der Waals surface area (Å²) in [4.78, 5) is 4.68. The zero-order valence-electron chi connectivity index (χ0n) is 15.8. The molecule has 0 radical (unpaired) electrons. The minimum Gasteiger partial charge on any atom is -0.384 e.